The summed E-state index contributed by atoms with van der Waals surface area (Å²) in [6, 6.07) is 16.3. The van der Waals surface area contributed by atoms with Crippen molar-refractivity contribution in [3.8, 4) is 5.75 Å². The number of hydrogen-bond donors (Lipinski definition) is 1. The molecule has 0 saturated carbocycles. The molecule has 0 fully saturated rings. The minimum Gasteiger partial charge on any atom is -0.508 e. The Balaban J connectivity index is 2.07. The van der Waals surface area contributed by atoms with Gasteiger partial charge in [-0.3, -0.25) is 0 Å². The number of aromatic hydroxyl groups is 1. The molecule has 0 radical (unpaired) electrons. The molecule has 2 aromatic carbocycles. The second-order valence-electron chi connectivity index (χ2n) is 3.91. The summed E-state index contributed by atoms with van der Waals surface area (Å²) in [6.45, 7) is 0.332. The van der Waals surface area contributed by atoms with Crippen LogP contribution in [-0.4, -0.2) is 11.4 Å². The molecule has 0 aliphatic rings. The van der Waals surface area contributed by atoms with E-state index in [2.05, 4.69) is 0 Å². The summed E-state index contributed by atoms with van der Waals surface area (Å²) >= 11 is 0. The van der Waals surface area contributed by atoms with Crippen LogP contribution < -0.4 is 0 Å². The van der Waals surface area contributed by atoms with Crippen LogP contribution in [0.4, 0.5) is 0 Å². The van der Waals surface area contributed by atoms with Crippen molar-refractivity contribution in [3.63, 3.8) is 0 Å². The molecule has 0 aliphatic carbocycles. The summed E-state index contributed by atoms with van der Waals surface area (Å²) in [5.74, 6) is 0.0719. The summed E-state index contributed by atoms with van der Waals surface area (Å²) in [5.41, 5.74) is 1.48. The van der Waals surface area contributed by atoms with E-state index in [9.17, 15) is 9.90 Å². The van der Waals surface area contributed by atoms with Crippen molar-refractivity contribution in [1.29, 1.82) is 0 Å². The van der Waals surface area contributed by atoms with E-state index in [1.165, 1.54) is 6.07 Å². The van der Waals surface area contributed by atoms with Gasteiger partial charge in [-0.25, -0.2) is 0 Å². The first kappa shape index (κ1) is 12.3. The molecule has 1 N–H and O–H groups in total. The fraction of sp³-hybridized carbons (Fsp3) is 0.133. The fourth-order valence-corrected chi connectivity index (χ4v) is 1.69. The van der Waals surface area contributed by atoms with Crippen molar-refractivity contribution in [2.24, 2.45) is 0 Å². The van der Waals surface area contributed by atoms with Crippen LogP contribution in [0, 0.1) is 0 Å². The van der Waals surface area contributed by atoms with Crippen LogP contribution >= 0.6 is 0 Å². The predicted molar refractivity (Wildman–Crippen MR) is 68.1 cm³/mol. The van der Waals surface area contributed by atoms with E-state index < -0.39 is 6.10 Å². The Morgan fingerprint density at radius 3 is 2.39 bits per heavy atom. The predicted octanol–water partition coefficient (Wildman–Crippen LogP) is 2.85. The number of ether oxygens (including phenoxy) is 1. The molecular weight excluding hydrogens is 228 g/mol. The van der Waals surface area contributed by atoms with Gasteiger partial charge in [-0.05, 0) is 11.6 Å². The van der Waals surface area contributed by atoms with Crippen LogP contribution in [0.1, 0.15) is 17.2 Å². The van der Waals surface area contributed by atoms with Crippen molar-refractivity contribution in [2.45, 2.75) is 12.7 Å². The van der Waals surface area contributed by atoms with Gasteiger partial charge in [0, 0.05) is 5.56 Å². The smallest absolute Gasteiger partial charge is 0.153 e. The maximum atomic E-state index is 11.0. The molecule has 92 valence electrons. The van der Waals surface area contributed by atoms with Gasteiger partial charge < -0.3 is 14.6 Å². The van der Waals surface area contributed by atoms with Gasteiger partial charge in [0.15, 0.2) is 6.29 Å². The maximum absolute atomic E-state index is 11.0. The third kappa shape index (κ3) is 2.96. The van der Waals surface area contributed by atoms with E-state index >= 15 is 0 Å². The van der Waals surface area contributed by atoms with Gasteiger partial charge in [0.1, 0.15) is 11.9 Å². The van der Waals surface area contributed by atoms with E-state index in [0.29, 0.717) is 18.5 Å². The Labute approximate surface area is 106 Å². The highest BCUT2D eigenvalue weighted by atomic mass is 16.5. The summed E-state index contributed by atoms with van der Waals surface area (Å²) in [4.78, 5) is 11.0. The maximum Gasteiger partial charge on any atom is 0.153 e. The van der Waals surface area contributed by atoms with E-state index in [-0.39, 0.29) is 5.75 Å². The topological polar surface area (TPSA) is 46.5 Å². The molecule has 0 spiro atoms. The largest absolute Gasteiger partial charge is 0.508 e. The van der Waals surface area contributed by atoms with Gasteiger partial charge in [-0.1, -0.05) is 48.5 Å². The summed E-state index contributed by atoms with van der Waals surface area (Å²) in [6.07, 6.45) is -0.0516. The number of hydrogen-bond acceptors (Lipinski definition) is 3. The minimum absolute atomic E-state index is 0.0719. The van der Waals surface area contributed by atoms with Gasteiger partial charge in [0.25, 0.3) is 0 Å². The van der Waals surface area contributed by atoms with Crippen LogP contribution in [0.15, 0.2) is 54.6 Å². The highest BCUT2D eigenvalue weighted by molar-refractivity contribution is 5.62. The quantitative estimate of drug-likeness (QED) is 0.820. The molecule has 0 amide bonds. The number of phenolic OH excluding ortho intramolecular Hbond substituents is 1. The number of aldehydes is 1. The monoisotopic (exact) mass is 242 g/mol. The molecule has 0 bridgehead atoms. The molecule has 1 unspecified atom stereocenters. The van der Waals surface area contributed by atoms with Crippen molar-refractivity contribution in [3.05, 3.63) is 65.7 Å². The van der Waals surface area contributed by atoms with Crippen molar-refractivity contribution in [1.82, 2.24) is 0 Å². The fourth-order valence-electron chi connectivity index (χ4n) is 1.69. The number of carbonyl (C=O) groups excluding carboxylic acids is 1. The van der Waals surface area contributed by atoms with E-state index in [1.54, 1.807) is 18.2 Å². The average molecular weight is 242 g/mol. The number of phenols is 1. The Bertz CT molecular complexity index is 508. The highest BCUT2D eigenvalue weighted by Gasteiger charge is 2.14. The Kier molecular flexibility index (Phi) is 4.10. The van der Waals surface area contributed by atoms with Gasteiger partial charge in [0.05, 0.1) is 6.61 Å². The third-order valence-corrected chi connectivity index (χ3v) is 2.64. The molecule has 18 heavy (non-hydrogen) atoms. The van der Waals surface area contributed by atoms with Gasteiger partial charge in [-0.15, -0.1) is 0 Å². The van der Waals surface area contributed by atoms with Crippen molar-refractivity contribution in [2.75, 3.05) is 0 Å². The van der Waals surface area contributed by atoms with Crippen LogP contribution in [0.2, 0.25) is 0 Å². The number of benzene rings is 2. The zero-order valence-corrected chi connectivity index (χ0v) is 9.82. The summed E-state index contributed by atoms with van der Waals surface area (Å²) in [7, 11) is 0. The molecule has 3 heteroatoms. The minimum atomic E-state index is -0.744. The first-order valence-corrected chi connectivity index (χ1v) is 5.70. The van der Waals surface area contributed by atoms with Gasteiger partial charge in [0.2, 0.25) is 0 Å². The lowest BCUT2D eigenvalue weighted by Crippen LogP contribution is -2.06. The molecular formula is C15H14O3. The van der Waals surface area contributed by atoms with Crippen LogP contribution in [-0.2, 0) is 16.1 Å². The van der Waals surface area contributed by atoms with Crippen LogP contribution in [0.25, 0.3) is 0 Å². The lowest BCUT2D eigenvalue weighted by atomic mass is 10.1. The normalized spacial score (nSPS) is 12.0. The van der Waals surface area contributed by atoms with Crippen molar-refractivity contribution >= 4 is 6.29 Å². The highest BCUT2D eigenvalue weighted by Crippen LogP contribution is 2.25. The zero-order chi connectivity index (χ0) is 12.8. The third-order valence-electron chi connectivity index (χ3n) is 2.64. The Morgan fingerprint density at radius 2 is 1.72 bits per heavy atom. The summed E-state index contributed by atoms with van der Waals surface area (Å²) < 4.78 is 5.52. The lowest BCUT2D eigenvalue weighted by Gasteiger charge is -2.13. The molecule has 3 nitrogen and oxygen atoms in total. The molecule has 0 aliphatic heterocycles. The second-order valence-corrected chi connectivity index (χ2v) is 3.91. The zero-order valence-electron chi connectivity index (χ0n) is 9.82. The SMILES string of the molecule is O=CC(OCc1ccccc1)c1ccccc1O. The molecule has 0 heterocycles. The average Bonchev–Trinajstić information content (AvgIpc) is 2.42. The second kappa shape index (κ2) is 5.98. The molecule has 0 aromatic heterocycles. The van der Waals surface area contributed by atoms with Crippen LogP contribution in [0.5, 0.6) is 5.75 Å². The number of rotatable bonds is 5. The summed E-state index contributed by atoms with van der Waals surface area (Å²) in [5, 5.41) is 9.67. The first-order chi connectivity index (χ1) is 8.81. The number of para-hydroxylation sites is 1. The molecule has 2 rings (SSSR count). The lowest BCUT2D eigenvalue weighted by molar-refractivity contribution is -0.119. The van der Waals surface area contributed by atoms with Gasteiger partial charge in [-0.2, -0.15) is 0 Å². The van der Waals surface area contributed by atoms with Gasteiger partial charge >= 0.3 is 0 Å². The van der Waals surface area contributed by atoms with Crippen molar-refractivity contribution < 1.29 is 14.6 Å². The molecule has 0 saturated heterocycles. The standard InChI is InChI=1S/C15H14O3/c16-10-15(13-8-4-5-9-14(13)17)18-11-12-6-2-1-3-7-12/h1-10,15,17H,11H2. The Morgan fingerprint density at radius 1 is 1.06 bits per heavy atom. The van der Waals surface area contributed by atoms with E-state index in [1.807, 2.05) is 30.3 Å². The number of carbonyl (C=O) groups is 1. The molecule has 1 atom stereocenters. The van der Waals surface area contributed by atoms with E-state index in [0.717, 1.165) is 5.56 Å². The molecule has 2 aromatic rings. The first-order valence-electron chi connectivity index (χ1n) is 5.70. The Hall–Kier alpha value is -2.13. The van der Waals surface area contributed by atoms with Crippen LogP contribution in [0.3, 0.4) is 0 Å². The van der Waals surface area contributed by atoms with E-state index in [4.69, 9.17) is 4.74 Å².